The fourth-order valence-electron chi connectivity index (χ4n) is 2.02. The molecule has 0 spiro atoms. The van der Waals surface area contributed by atoms with Crippen LogP contribution in [0.5, 0.6) is 5.75 Å². The minimum Gasteiger partial charge on any atom is -0.487 e. The Balaban J connectivity index is 1.58. The van der Waals surface area contributed by atoms with Gasteiger partial charge in [-0.2, -0.15) is 5.10 Å². The van der Waals surface area contributed by atoms with E-state index in [2.05, 4.69) is 15.5 Å². The maximum absolute atomic E-state index is 5.75. The van der Waals surface area contributed by atoms with Crippen LogP contribution in [0.2, 0.25) is 0 Å². The van der Waals surface area contributed by atoms with E-state index in [4.69, 9.17) is 4.74 Å². The van der Waals surface area contributed by atoms with Gasteiger partial charge in [0.1, 0.15) is 12.4 Å². The van der Waals surface area contributed by atoms with E-state index < -0.39 is 0 Å². The van der Waals surface area contributed by atoms with E-state index in [0.717, 1.165) is 22.7 Å². The zero-order valence-electron chi connectivity index (χ0n) is 12.6. The van der Waals surface area contributed by atoms with Gasteiger partial charge in [-0.3, -0.25) is 10.4 Å². The van der Waals surface area contributed by atoms with Crippen LogP contribution in [0, 0.1) is 0 Å². The van der Waals surface area contributed by atoms with Crippen LogP contribution in [0.4, 0.5) is 5.69 Å². The van der Waals surface area contributed by atoms with Gasteiger partial charge in [-0.25, -0.2) is 0 Å². The molecule has 4 nitrogen and oxygen atoms in total. The Hall–Kier alpha value is -3.14. The number of anilines is 1. The van der Waals surface area contributed by atoms with Gasteiger partial charge in [0.15, 0.2) is 0 Å². The van der Waals surface area contributed by atoms with Gasteiger partial charge in [-0.05, 0) is 42.0 Å². The molecule has 1 N–H and O–H groups in total. The molecular formula is C19H17N3O. The number of hydrogen-bond acceptors (Lipinski definition) is 4. The summed E-state index contributed by atoms with van der Waals surface area (Å²) in [4.78, 5) is 4.24. The van der Waals surface area contributed by atoms with Crippen LogP contribution in [-0.2, 0) is 6.61 Å². The van der Waals surface area contributed by atoms with Gasteiger partial charge in [0, 0.05) is 6.20 Å². The molecule has 0 atom stereocenters. The van der Waals surface area contributed by atoms with Crippen LogP contribution >= 0.6 is 0 Å². The molecule has 23 heavy (non-hydrogen) atoms. The predicted octanol–water partition coefficient (Wildman–Crippen LogP) is 4.11. The van der Waals surface area contributed by atoms with Gasteiger partial charge in [-0.15, -0.1) is 0 Å². The number of nitrogens with one attached hydrogen (secondary N) is 1. The quantitative estimate of drug-likeness (QED) is 0.550. The molecule has 1 aromatic heterocycles. The van der Waals surface area contributed by atoms with E-state index in [9.17, 15) is 0 Å². The molecule has 3 aromatic rings. The van der Waals surface area contributed by atoms with E-state index in [1.54, 1.807) is 12.4 Å². The first-order valence-electron chi connectivity index (χ1n) is 7.37. The molecular weight excluding hydrogens is 286 g/mol. The Bertz CT molecular complexity index is 758. The molecule has 0 amide bonds. The minimum absolute atomic E-state index is 0.448. The van der Waals surface area contributed by atoms with E-state index in [1.165, 1.54) is 0 Å². The van der Waals surface area contributed by atoms with Crippen LogP contribution in [0.15, 0.2) is 84.1 Å². The summed E-state index contributed by atoms with van der Waals surface area (Å²) in [6, 6.07) is 23.4. The maximum Gasteiger partial charge on any atom is 0.130 e. The molecule has 0 aliphatic heterocycles. The Morgan fingerprint density at radius 3 is 2.65 bits per heavy atom. The average molecular weight is 303 g/mol. The molecule has 2 aromatic carbocycles. The lowest BCUT2D eigenvalue weighted by Gasteiger charge is -2.06. The Kier molecular flexibility index (Phi) is 4.98. The third kappa shape index (κ3) is 4.68. The van der Waals surface area contributed by atoms with E-state index in [-0.39, 0.29) is 0 Å². The molecule has 0 fully saturated rings. The number of para-hydroxylation sites is 1. The van der Waals surface area contributed by atoms with E-state index in [1.807, 2.05) is 72.8 Å². The zero-order valence-corrected chi connectivity index (χ0v) is 12.6. The number of aromatic nitrogens is 1. The molecule has 4 heteroatoms. The molecule has 0 unspecified atom stereocenters. The topological polar surface area (TPSA) is 46.5 Å². The van der Waals surface area contributed by atoms with Crippen LogP contribution in [0.25, 0.3) is 0 Å². The van der Waals surface area contributed by atoms with Gasteiger partial charge < -0.3 is 4.74 Å². The van der Waals surface area contributed by atoms with Crippen molar-refractivity contribution in [3.05, 3.63) is 90.3 Å². The largest absolute Gasteiger partial charge is 0.487 e. The highest BCUT2D eigenvalue weighted by Crippen LogP contribution is 2.14. The third-order valence-corrected chi connectivity index (χ3v) is 3.15. The van der Waals surface area contributed by atoms with Crippen molar-refractivity contribution in [1.29, 1.82) is 0 Å². The third-order valence-electron chi connectivity index (χ3n) is 3.15. The highest BCUT2D eigenvalue weighted by Gasteiger charge is 1.97. The SMILES string of the molecule is C(=NNc1ccccc1)c1cccc(OCc2ccccn2)c1. The van der Waals surface area contributed by atoms with Gasteiger partial charge in [0.25, 0.3) is 0 Å². The summed E-state index contributed by atoms with van der Waals surface area (Å²) in [6.07, 6.45) is 3.53. The maximum atomic E-state index is 5.75. The number of hydrazone groups is 1. The van der Waals surface area contributed by atoms with Crippen LogP contribution in [0.1, 0.15) is 11.3 Å². The Labute approximate surface area is 135 Å². The molecule has 114 valence electrons. The molecule has 0 saturated carbocycles. The van der Waals surface area contributed by atoms with Gasteiger partial charge in [0.2, 0.25) is 0 Å². The van der Waals surface area contributed by atoms with Gasteiger partial charge >= 0.3 is 0 Å². The Morgan fingerprint density at radius 1 is 0.957 bits per heavy atom. The number of ether oxygens (including phenoxy) is 1. The number of rotatable bonds is 6. The molecule has 0 radical (unpaired) electrons. The standard InChI is InChI=1S/C19H17N3O/c1-2-8-17(9-3-1)22-21-14-16-7-6-11-19(13-16)23-15-18-10-4-5-12-20-18/h1-14,22H,15H2. The van der Waals surface area contributed by atoms with Crippen molar-refractivity contribution in [3.63, 3.8) is 0 Å². The van der Waals surface area contributed by atoms with Crippen molar-refractivity contribution >= 4 is 11.9 Å². The van der Waals surface area contributed by atoms with Crippen molar-refractivity contribution < 1.29 is 4.74 Å². The smallest absolute Gasteiger partial charge is 0.130 e. The lowest BCUT2D eigenvalue weighted by Crippen LogP contribution is -1.98. The highest BCUT2D eigenvalue weighted by atomic mass is 16.5. The molecule has 0 aliphatic rings. The lowest BCUT2D eigenvalue weighted by atomic mass is 10.2. The second-order valence-electron chi connectivity index (χ2n) is 4.92. The van der Waals surface area contributed by atoms with Crippen LogP contribution in [0.3, 0.4) is 0 Å². The molecule has 0 aliphatic carbocycles. The fraction of sp³-hybridized carbons (Fsp3) is 0.0526. The second kappa shape index (κ2) is 7.75. The van der Waals surface area contributed by atoms with Crippen molar-refractivity contribution in [2.45, 2.75) is 6.61 Å². The summed E-state index contributed by atoms with van der Waals surface area (Å²) in [5, 5.41) is 4.23. The fourth-order valence-corrected chi connectivity index (χ4v) is 2.02. The van der Waals surface area contributed by atoms with E-state index in [0.29, 0.717) is 6.61 Å². The monoisotopic (exact) mass is 303 g/mol. The summed E-state index contributed by atoms with van der Waals surface area (Å²) < 4.78 is 5.75. The molecule has 0 saturated heterocycles. The second-order valence-corrected chi connectivity index (χ2v) is 4.92. The average Bonchev–Trinajstić information content (AvgIpc) is 2.62. The lowest BCUT2D eigenvalue weighted by molar-refractivity contribution is 0.301. The zero-order chi connectivity index (χ0) is 15.7. The van der Waals surface area contributed by atoms with Gasteiger partial charge in [-0.1, -0.05) is 36.4 Å². The van der Waals surface area contributed by atoms with Crippen molar-refractivity contribution in [3.8, 4) is 5.75 Å². The first kappa shape index (κ1) is 14.8. The highest BCUT2D eigenvalue weighted by molar-refractivity contribution is 5.80. The van der Waals surface area contributed by atoms with Gasteiger partial charge in [0.05, 0.1) is 17.6 Å². The number of pyridine rings is 1. The Morgan fingerprint density at radius 2 is 1.83 bits per heavy atom. The number of benzene rings is 2. The van der Waals surface area contributed by atoms with Crippen LogP contribution in [-0.4, -0.2) is 11.2 Å². The molecule has 1 heterocycles. The first-order chi connectivity index (χ1) is 11.4. The summed E-state index contributed by atoms with van der Waals surface area (Å²) in [5.74, 6) is 0.791. The summed E-state index contributed by atoms with van der Waals surface area (Å²) in [5.41, 5.74) is 5.80. The predicted molar refractivity (Wildman–Crippen MR) is 92.7 cm³/mol. The number of hydrogen-bond donors (Lipinski definition) is 1. The normalized spacial score (nSPS) is 10.6. The summed E-state index contributed by atoms with van der Waals surface area (Å²) in [7, 11) is 0. The van der Waals surface area contributed by atoms with Crippen LogP contribution < -0.4 is 10.2 Å². The molecule has 0 bridgehead atoms. The van der Waals surface area contributed by atoms with Crippen molar-refractivity contribution in [2.75, 3.05) is 5.43 Å². The first-order valence-corrected chi connectivity index (χ1v) is 7.37. The van der Waals surface area contributed by atoms with Crippen molar-refractivity contribution in [1.82, 2.24) is 4.98 Å². The van der Waals surface area contributed by atoms with E-state index >= 15 is 0 Å². The summed E-state index contributed by atoms with van der Waals surface area (Å²) >= 11 is 0. The summed E-state index contributed by atoms with van der Waals surface area (Å²) in [6.45, 7) is 0.448. The number of nitrogens with zero attached hydrogens (tertiary/aromatic N) is 2. The molecule has 3 rings (SSSR count). The van der Waals surface area contributed by atoms with Crippen molar-refractivity contribution in [2.24, 2.45) is 5.10 Å². The minimum atomic E-state index is 0.448.